The second kappa shape index (κ2) is 9.00. The molecule has 1 unspecified atom stereocenters. The Kier molecular flexibility index (Phi) is 6.19. The van der Waals surface area contributed by atoms with Crippen LogP contribution in [0.1, 0.15) is 61.9 Å². The van der Waals surface area contributed by atoms with E-state index in [0.29, 0.717) is 42.7 Å². The molecule has 2 bridgehead atoms. The van der Waals surface area contributed by atoms with Gasteiger partial charge in [0.2, 0.25) is 10.0 Å². The van der Waals surface area contributed by atoms with Gasteiger partial charge in [-0.2, -0.15) is 4.31 Å². The Morgan fingerprint density at radius 1 is 1.06 bits per heavy atom. The average Bonchev–Trinajstić information content (AvgIpc) is 3.58. The molecular weight excluding hydrogens is 446 g/mol. The zero-order valence-corrected chi connectivity index (χ0v) is 20.9. The van der Waals surface area contributed by atoms with E-state index in [0.717, 1.165) is 24.8 Å². The molecule has 2 saturated carbocycles. The van der Waals surface area contributed by atoms with Crippen LogP contribution >= 0.6 is 0 Å². The largest absolute Gasteiger partial charge is 0.380 e. The molecule has 6 nitrogen and oxygen atoms in total. The topological polar surface area (TPSA) is 78.5 Å². The van der Waals surface area contributed by atoms with E-state index in [4.69, 9.17) is 0 Å². The second-order valence-electron chi connectivity index (χ2n) is 10.7. The lowest BCUT2D eigenvalue weighted by molar-refractivity contribution is 0.0837. The molecular formula is C27H35N3O3S. The van der Waals surface area contributed by atoms with Crippen LogP contribution in [-0.2, 0) is 16.6 Å². The maximum atomic E-state index is 13.5. The summed E-state index contributed by atoms with van der Waals surface area (Å²) in [6.07, 6.45) is 5.31. The van der Waals surface area contributed by atoms with Gasteiger partial charge in [0.05, 0.1) is 5.69 Å². The summed E-state index contributed by atoms with van der Waals surface area (Å²) in [5, 5.41) is 6.57. The van der Waals surface area contributed by atoms with Crippen LogP contribution in [0.4, 0.5) is 5.69 Å². The number of amides is 1. The summed E-state index contributed by atoms with van der Waals surface area (Å²) >= 11 is 0. The minimum atomic E-state index is -3.70. The third kappa shape index (κ3) is 4.24. The third-order valence-electron chi connectivity index (χ3n) is 8.34. The number of carbonyl (C=O) groups excluding carboxylic acids is 1. The minimum Gasteiger partial charge on any atom is -0.380 e. The first-order chi connectivity index (χ1) is 16.3. The molecule has 5 rings (SSSR count). The molecule has 2 aromatic rings. The molecule has 1 heterocycles. The lowest BCUT2D eigenvalue weighted by Gasteiger charge is -2.38. The number of rotatable bonds is 7. The van der Waals surface area contributed by atoms with Crippen molar-refractivity contribution >= 4 is 21.6 Å². The molecule has 0 spiro atoms. The molecule has 2 N–H and O–H groups in total. The Morgan fingerprint density at radius 2 is 1.79 bits per heavy atom. The number of benzene rings is 2. The van der Waals surface area contributed by atoms with E-state index < -0.39 is 10.0 Å². The molecule has 3 atom stereocenters. The Balaban J connectivity index is 1.42. The van der Waals surface area contributed by atoms with Gasteiger partial charge in [0, 0.05) is 31.2 Å². The third-order valence-corrected chi connectivity index (χ3v) is 10.3. The maximum absolute atomic E-state index is 13.5. The van der Waals surface area contributed by atoms with Crippen molar-refractivity contribution in [2.75, 3.05) is 18.4 Å². The van der Waals surface area contributed by atoms with Crippen molar-refractivity contribution in [1.29, 1.82) is 0 Å². The zero-order valence-electron chi connectivity index (χ0n) is 20.1. The summed E-state index contributed by atoms with van der Waals surface area (Å²) in [6, 6.07) is 15.1. The van der Waals surface area contributed by atoms with Crippen LogP contribution in [0.5, 0.6) is 0 Å². The van der Waals surface area contributed by atoms with E-state index in [2.05, 4.69) is 24.5 Å². The summed E-state index contributed by atoms with van der Waals surface area (Å²) < 4.78 is 28.6. The SMILES string of the molecule is CC1(C)C(NC(=O)c2ccc(NCc3ccccc3)c(S(=O)(=O)N3CCCC3)c2)[C@H]2CC[C@@H]1C2. The van der Waals surface area contributed by atoms with Gasteiger partial charge >= 0.3 is 0 Å². The van der Waals surface area contributed by atoms with Crippen LogP contribution in [0.25, 0.3) is 0 Å². The fourth-order valence-corrected chi connectivity index (χ4v) is 7.98. The van der Waals surface area contributed by atoms with Crippen LogP contribution in [0.15, 0.2) is 53.4 Å². The van der Waals surface area contributed by atoms with Crippen LogP contribution < -0.4 is 10.6 Å². The number of sulfonamides is 1. The molecule has 182 valence electrons. The van der Waals surface area contributed by atoms with E-state index >= 15 is 0 Å². The van der Waals surface area contributed by atoms with Gasteiger partial charge in [0.15, 0.2) is 0 Å². The van der Waals surface area contributed by atoms with Gasteiger partial charge in [-0.05, 0) is 73.1 Å². The van der Waals surface area contributed by atoms with Crippen molar-refractivity contribution in [3.8, 4) is 0 Å². The molecule has 0 aromatic heterocycles. The first-order valence-electron chi connectivity index (χ1n) is 12.5. The smallest absolute Gasteiger partial charge is 0.251 e. The first-order valence-corrected chi connectivity index (χ1v) is 13.9. The molecule has 2 aliphatic carbocycles. The number of hydrogen-bond acceptors (Lipinski definition) is 4. The average molecular weight is 482 g/mol. The van der Waals surface area contributed by atoms with Crippen LogP contribution in [0.3, 0.4) is 0 Å². The number of nitrogens with one attached hydrogen (secondary N) is 2. The molecule has 1 saturated heterocycles. The van der Waals surface area contributed by atoms with Crippen molar-refractivity contribution in [3.63, 3.8) is 0 Å². The van der Waals surface area contributed by atoms with Gasteiger partial charge < -0.3 is 10.6 Å². The molecule has 1 amide bonds. The molecule has 3 aliphatic rings. The predicted molar refractivity (Wildman–Crippen MR) is 134 cm³/mol. The Labute approximate surface area is 203 Å². The van der Waals surface area contributed by atoms with Crippen molar-refractivity contribution in [2.24, 2.45) is 17.3 Å². The fraction of sp³-hybridized carbons (Fsp3) is 0.519. The van der Waals surface area contributed by atoms with Gasteiger partial charge in [0.1, 0.15) is 4.90 Å². The quantitative estimate of drug-likeness (QED) is 0.604. The second-order valence-corrected chi connectivity index (χ2v) is 12.6. The Morgan fingerprint density at radius 3 is 2.47 bits per heavy atom. The summed E-state index contributed by atoms with van der Waals surface area (Å²) in [7, 11) is -3.70. The monoisotopic (exact) mass is 481 g/mol. The van der Waals surface area contributed by atoms with Crippen molar-refractivity contribution in [3.05, 3.63) is 59.7 Å². The molecule has 0 radical (unpaired) electrons. The molecule has 7 heteroatoms. The van der Waals surface area contributed by atoms with Crippen LogP contribution in [0.2, 0.25) is 0 Å². The number of carbonyl (C=O) groups is 1. The molecule has 3 fully saturated rings. The van der Waals surface area contributed by atoms with Gasteiger partial charge in [0.25, 0.3) is 5.91 Å². The van der Waals surface area contributed by atoms with Crippen LogP contribution in [0, 0.1) is 17.3 Å². The van der Waals surface area contributed by atoms with Crippen molar-refractivity contribution in [1.82, 2.24) is 9.62 Å². The van der Waals surface area contributed by atoms with Gasteiger partial charge in [-0.1, -0.05) is 44.2 Å². The summed E-state index contributed by atoms with van der Waals surface area (Å²) in [6.45, 7) is 6.06. The first kappa shape index (κ1) is 23.4. The Hall–Kier alpha value is -2.38. The lowest BCUT2D eigenvalue weighted by Crippen LogP contribution is -2.48. The predicted octanol–water partition coefficient (Wildman–Crippen LogP) is 4.64. The number of fused-ring (bicyclic) bond motifs is 2. The minimum absolute atomic E-state index is 0.0697. The highest BCUT2D eigenvalue weighted by molar-refractivity contribution is 7.89. The summed E-state index contributed by atoms with van der Waals surface area (Å²) in [4.78, 5) is 13.5. The van der Waals surface area contributed by atoms with Gasteiger partial charge in [-0.15, -0.1) is 0 Å². The Bertz CT molecular complexity index is 1160. The lowest BCUT2D eigenvalue weighted by atomic mass is 9.73. The van der Waals surface area contributed by atoms with Crippen molar-refractivity contribution in [2.45, 2.75) is 63.4 Å². The highest BCUT2D eigenvalue weighted by Gasteiger charge is 2.53. The fourth-order valence-electron chi connectivity index (χ4n) is 6.27. The van der Waals surface area contributed by atoms with Gasteiger partial charge in [-0.3, -0.25) is 4.79 Å². The van der Waals surface area contributed by atoms with E-state index in [-0.39, 0.29) is 22.3 Å². The number of nitrogens with zero attached hydrogens (tertiary/aromatic N) is 1. The standard InChI is InChI=1S/C27H35N3O3S/c1-27(2)22-12-10-20(16-22)25(27)29-26(31)21-11-13-23(28-18-19-8-4-3-5-9-19)24(17-21)34(32,33)30-14-6-7-15-30/h3-5,8-9,11,13,17,20,22,25,28H,6-7,10,12,14-16,18H2,1-2H3,(H,29,31)/t20-,22+,25?/m0/s1. The zero-order chi connectivity index (χ0) is 23.9. The molecule has 1 aliphatic heterocycles. The molecule has 34 heavy (non-hydrogen) atoms. The van der Waals surface area contributed by atoms with E-state index in [1.54, 1.807) is 18.2 Å². The van der Waals surface area contributed by atoms with E-state index in [1.165, 1.54) is 17.1 Å². The summed E-state index contributed by atoms with van der Waals surface area (Å²) in [5.41, 5.74) is 2.07. The maximum Gasteiger partial charge on any atom is 0.251 e. The highest BCUT2D eigenvalue weighted by Crippen LogP contribution is 2.55. The highest BCUT2D eigenvalue weighted by atomic mass is 32.2. The number of anilines is 1. The molecule has 2 aromatic carbocycles. The summed E-state index contributed by atoms with van der Waals surface area (Å²) in [5.74, 6) is 0.986. The normalized spacial score (nSPS) is 26.0. The number of hydrogen-bond donors (Lipinski definition) is 2. The van der Waals surface area contributed by atoms with Crippen molar-refractivity contribution < 1.29 is 13.2 Å². The van der Waals surface area contributed by atoms with Crippen LogP contribution in [-0.4, -0.2) is 37.8 Å². The van der Waals surface area contributed by atoms with E-state index in [1.807, 2.05) is 30.3 Å². The van der Waals surface area contributed by atoms with Gasteiger partial charge in [-0.25, -0.2) is 8.42 Å². The van der Waals surface area contributed by atoms with E-state index in [9.17, 15) is 13.2 Å².